The van der Waals surface area contributed by atoms with Crippen molar-refractivity contribution >= 4 is 9.84 Å². The van der Waals surface area contributed by atoms with Crippen molar-refractivity contribution in [1.29, 1.82) is 5.26 Å². The van der Waals surface area contributed by atoms with E-state index in [0.717, 1.165) is 17.5 Å². The van der Waals surface area contributed by atoms with E-state index < -0.39 is 21.0 Å². The third-order valence-electron chi connectivity index (χ3n) is 4.58. The highest BCUT2D eigenvalue weighted by molar-refractivity contribution is 7.92. The van der Waals surface area contributed by atoms with E-state index in [9.17, 15) is 13.7 Å². The maximum absolute atomic E-state index is 12.8. The fraction of sp³-hybridized carbons (Fsp3) is 0.316. The second-order valence-corrected chi connectivity index (χ2v) is 8.20. The molecule has 0 radical (unpaired) electrons. The van der Waals surface area contributed by atoms with Gasteiger partial charge in [-0.1, -0.05) is 48.9 Å². The summed E-state index contributed by atoms with van der Waals surface area (Å²) in [6, 6.07) is 17.0. The molecule has 118 valence electrons. The van der Waals surface area contributed by atoms with Gasteiger partial charge in [-0.25, -0.2) is 8.42 Å². The SMILES string of the molecule is CCc1ccc([C@H]2[C@H](C#N)[C@@H]2S(=O)(=O)c2ccc(C)cc2)cc1. The van der Waals surface area contributed by atoms with Crippen molar-refractivity contribution in [1.82, 2.24) is 0 Å². The Morgan fingerprint density at radius 2 is 1.65 bits per heavy atom. The smallest absolute Gasteiger partial charge is 0.183 e. The summed E-state index contributed by atoms with van der Waals surface area (Å²) in [5.41, 5.74) is 3.17. The molecule has 2 aromatic carbocycles. The van der Waals surface area contributed by atoms with E-state index in [1.807, 2.05) is 31.2 Å². The third kappa shape index (κ3) is 2.77. The lowest BCUT2D eigenvalue weighted by Gasteiger charge is -2.05. The minimum absolute atomic E-state index is 0.225. The molecule has 0 amide bonds. The van der Waals surface area contributed by atoms with Crippen molar-refractivity contribution < 1.29 is 8.42 Å². The Morgan fingerprint density at radius 3 is 2.17 bits per heavy atom. The number of sulfone groups is 1. The standard InChI is InChI=1S/C19H19NO2S/c1-3-14-6-8-15(9-7-14)18-17(12-20)19(18)23(21,22)16-10-4-13(2)5-11-16/h4-11,17-19H,3H2,1-2H3/t17-,18-,19-/m0/s1. The predicted octanol–water partition coefficient (Wildman–Crippen LogP) is 3.64. The zero-order valence-corrected chi connectivity index (χ0v) is 14.0. The van der Waals surface area contributed by atoms with Crippen molar-refractivity contribution in [3.63, 3.8) is 0 Å². The van der Waals surface area contributed by atoms with Gasteiger partial charge in [0, 0.05) is 5.92 Å². The number of hydrogen-bond donors (Lipinski definition) is 0. The molecule has 0 heterocycles. The fourth-order valence-corrected chi connectivity index (χ4v) is 5.15. The first-order valence-corrected chi connectivity index (χ1v) is 9.32. The van der Waals surface area contributed by atoms with E-state index in [-0.39, 0.29) is 5.92 Å². The van der Waals surface area contributed by atoms with Crippen LogP contribution in [-0.4, -0.2) is 13.7 Å². The lowest BCUT2D eigenvalue weighted by Crippen LogP contribution is -2.10. The summed E-state index contributed by atoms with van der Waals surface area (Å²) in [6.07, 6.45) is 0.942. The number of rotatable bonds is 4. The first-order valence-electron chi connectivity index (χ1n) is 7.78. The molecular weight excluding hydrogens is 306 g/mol. The maximum atomic E-state index is 12.8. The molecule has 1 saturated carbocycles. The van der Waals surface area contributed by atoms with Gasteiger partial charge in [-0.2, -0.15) is 5.26 Å². The number of nitriles is 1. The van der Waals surface area contributed by atoms with Crippen LogP contribution in [0, 0.1) is 24.2 Å². The molecule has 0 aromatic heterocycles. The van der Waals surface area contributed by atoms with E-state index in [4.69, 9.17) is 0 Å². The number of benzene rings is 2. The van der Waals surface area contributed by atoms with Crippen LogP contribution in [0.15, 0.2) is 53.4 Å². The molecule has 0 N–H and O–H groups in total. The van der Waals surface area contributed by atoms with Gasteiger partial charge in [-0.15, -0.1) is 0 Å². The Hall–Kier alpha value is -2.12. The average molecular weight is 325 g/mol. The molecule has 0 spiro atoms. The molecule has 2 aromatic rings. The molecule has 0 bridgehead atoms. The van der Waals surface area contributed by atoms with Gasteiger partial charge in [0.1, 0.15) is 0 Å². The lowest BCUT2D eigenvalue weighted by molar-refractivity contribution is 0.593. The quantitative estimate of drug-likeness (QED) is 0.862. The predicted molar refractivity (Wildman–Crippen MR) is 89.8 cm³/mol. The third-order valence-corrected chi connectivity index (χ3v) is 6.82. The Kier molecular flexibility index (Phi) is 3.99. The summed E-state index contributed by atoms with van der Waals surface area (Å²) in [6.45, 7) is 4.00. The Balaban J connectivity index is 1.92. The number of hydrogen-bond acceptors (Lipinski definition) is 3. The summed E-state index contributed by atoms with van der Waals surface area (Å²) in [5, 5.41) is 8.71. The zero-order valence-electron chi connectivity index (χ0n) is 13.2. The second kappa shape index (κ2) is 5.82. The van der Waals surface area contributed by atoms with Crippen LogP contribution < -0.4 is 0 Å². The largest absolute Gasteiger partial charge is 0.223 e. The van der Waals surface area contributed by atoms with E-state index >= 15 is 0 Å². The summed E-state index contributed by atoms with van der Waals surface area (Å²) in [5.74, 6) is -0.689. The molecule has 1 fully saturated rings. The Morgan fingerprint density at radius 1 is 1.04 bits per heavy atom. The van der Waals surface area contributed by atoms with Crippen molar-refractivity contribution in [2.24, 2.45) is 5.92 Å². The number of nitrogens with zero attached hydrogens (tertiary/aromatic N) is 1. The van der Waals surface area contributed by atoms with E-state index in [2.05, 4.69) is 13.0 Å². The van der Waals surface area contributed by atoms with Gasteiger partial charge in [0.2, 0.25) is 0 Å². The number of aryl methyl sites for hydroxylation is 2. The van der Waals surface area contributed by atoms with Gasteiger partial charge < -0.3 is 0 Å². The molecule has 3 nitrogen and oxygen atoms in total. The molecule has 4 heteroatoms. The highest BCUT2D eigenvalue weighted by atomic mass is 32.2. The molecule has 23 heavy (non-hydrogen) atoms. The van der Waals surface area contributed by atoms with E-state index in [1.165, 1.54) is 5.56 Å². The van der Waals surface area contributed by atoms with Crippen LogP contribution in [0.1, 0.15) is 29.5 Å². The topological polar surface area (TPSA) is 57.9 Å². The van der Waals surface area contributed by atoms with Crippen LogP contribution in [0.3, 0.4) is 0 Å². The zero-order chi connectivity index (χ0) is 16.6. The van der Waals surface area contributed by atoms with Crippen LogP contribution >= 0.6 is 0 Å². The highest BCUT2D eigenvalue weighted by Crippen LogP contribution is 2.53. The van der Waals surface area contributed by atoms with Gasteiger partial charge in [-0.05, 0) is 36.6 Å². The molecule has 1 aliphatic carbocycles. The van der Waals surface area contributed by atoms with Gasteiger partial charge in [0.05, 0.1) is 22.1 Å². The van der Waals surface area contributed by atoms with Crippen molar-refractivity contribution in [2.45, 2.75) is 36.3 Å². The van der Waals surface area contributed by atoms with Crippen molar-refractivity contribution in [3.05, 3.63) is 65.2 Å². The first kappa shape index (κ1) is 15.8. The van der Waals surface area contributed by atoms with Crippen LogP contribution in [0.5, 0.6) is 0 Å². The molecule has 3 rings (SSSR count). The lowest BCUT2D eigenvalue weighted by atomic mass is 10.1. The second-order valence-electron chi connectivity index (χ2n) is 6.10. The highest BCUT2D eigenvalue weighted by Gasteiger charge is 2.59. The molecule has 1 aliphatic rings. The van der Waals surface area contributed by atoms with Gasteiger partial charge in [-0.3, -0.25) is 0 Å². The molecular formula is C19H19NO2S. The van der Waals surface area contributed by atoms with Gasteiger partial charge in [0.25, 0.3) is 0 Å². The summed E-state index contributed by atoms with van der Waals surface area (Å²) < 4.78 is 25.7. The normalized spacial score (nSPS) is 23.3. The summed E-state index contributed by atoms with van der Waals surface area (Å²) in [4.78, 5) is 0.307. The van der Waals surface area contributed by atoms with Gasteiger partial charge >= 0.3 is 0 Å². The van der Waals surface area contributed by atoms with Crippen LogP contribution in [0.25, 0.3) is 0 Å². The maximum Gasteiger partial charge on any atom is 0.183 e. The Labute approximate surface area is 137 Å². The van der Waals surface area contributed by atoms with E-state index in [0.29, 0.717) is 4.90 Å². The van der Waals surface area contributed by atoms with Crippen molar-refractivity contribution in [2.75, 3.05) is 0 Å². The average Bonchev–Trinajstić information content (AvgIpc) is 3.31. The summed E-state index contributed by atoms with van der Waals surface area (Å²) >= 11 is 0. The molecule has 3 atom stereocenters. The van der Waals surface area contributed by atoms with Crippen molar-refractivity contribution in [3.8, 4) is 6.07 Å². The van der Waals surface area contributed by atoms with Crippen LogP contribution in [0.4, 0.5) is 0 Å². The fourth-order valence-electron chi connectivity index (χ4n) is 3.08. The molecule has 0 aliphatic heterocycles. The minimum Gasteiger partial charge on any atom is -0.223 e. The summed E-state index contributed by atoms with van der Waals surface area (Å²) in [7, 11) is -3.48. The monoisotopic (exact) mass is 325 g/mol. The van der Waals surface area contributed by atoms with Gasteiger partial charge in [0.15, 0.2) is 9.84 Å². The molecule has 0 unspecified atom stereocenters. The molecule has 0 saturated heterocycles. The first-order chi connectivity index (χ1) is 11.0. The van der Waals surface area contributed by atoms with Crippen LogP contribution in [0.2, 0.25) is 0 Å². The van der Waals surface area contributed by atoms with Crippen LogP contribution in [-0.2, 0) is 16.3 Å². The minimum atomic E-state index is -3.48. The van der Waals surface area contributed by atoms with E-state index in [1.54, 1.807) is 24.3 Å². The Bertz CT molecular complexity index is 846.